The van der Waals surface area contributed by atoms with E-state index in [1.807, 2.05) is 0 Å². The summed E-state index contributed by atoms with van der Waals surface area (Å²) in [5, 5.41) is 11.1. The van der Waals surface area contributed by atoms with Crippen molar-refractivity contribution < 1.29 is 9.90 Å². The van der Waals surface area contributed by atoms with Crippen molar-refractivity contribution in [3.05, 3.63) is 0 Å². The monoisotopic (exact) mass is 157 g/mol. The van der Waals surface area contributed by atoms with Crippen LogP contribution in [0, 0.1) is 5.92 Å². The first-order valence-electron chi connectivity index (χ1n) is 4.23. The van der Waals surface area contributed by atoms with Crippen LogP contribution in [-0.2, 0) is 4.79 Å². The lowest BCUT2D eigenvalue weighted by molar-refractivity contribution is -0.124. The summed E-state index contributed by atoms with van der Waals surface area (Å²) in [5.41, 5.74) is 0. The molecule has 0 saturated heterocycles. The second-order valence-electron chi connectivity index (χ2n) is 3.00. The molecule has 0 unspecified atom stereocenters. The molecule has 0 aromatic carbocycles. The third-order valence-corrected chi connectivity index (χ3v) is 2.14. The van der Waals surface area contributed by atoms with Crippen molar-refractivity contribution in [2.24, 2.45) is 5.92 Å². The SMILES string of the molecule is O=C(NCCO)C1CCCC1. The van der Waals surface area contributed by atoms with Crippen LogP contribution in [0.15, 0.2) is 0 Å². The molecule has 3 nitrogen and oxygen atoms in total. The van der Waals surface area contributed by atoms with Gasteiger partial charge in [0.25, 0.3) is 0 Å². The molecule has 2 N–H and O–H groups in total. The molecule has 3 heteroatoms. The van der Waals surface area contributed by atoms with Gasteiger partial charge in [-0.05, 0) is 12.8 Å². The summed E-state index contributed by atoms with van der Waals surface area (Å²) in [4.78, 5) is 11.2. The molecule has 0 heterocycles. The Labute approximate surface area is 66.8 Å². The van der Waals surface area contributed by atoms with Crippen LogP contribution in [0.25, 0.3) is 0 Å². The van der Waals surface area contributed by atoms with Gasteiger partial charge in [-0.25, -0.2) is 0 Å². The molecule has 1 aliphatic rings. The van der Waals surface area contributed by atoms with Gasteiger partial charge in [0.2, 0.25) is 5.91 Å². The Hall–Kier alpha value is -0.570. The van der Waals surface area contributed by atoms with Crippen molar-refractivity contribution in [3.63, 3.8) is 0 Å². The molecule has 0 aliphatic heterocycles. The van der Waals surface area contributed by atoms with E-state index in [1.54, 1.807) is 0 Å². The smallest absolute Gasteiger partial charge is 0.223 e. The zero-order valence-corrected chi connectivity index (χ0v) is 6.68. The summed E-state index contributed by atoms with van der Waals surface area (Å²) in [6.45, 7) is 0.438. The Morgan fingerprint density at radius 1 is 1.45 bits per heavy atom. The van der Waals surface area contributed by atoms with Crippen LogP contribution in [0.2, 0.25) is 0 Å². The maximum Gasteiger partial charge on any atom is 0.223 e. The molecule has 1 saturated carbocycles. The Balaban J connectivity index is 2.17. The average molecular weight is 157 g/mol. The van der Waals surface area contributed by atoms with Gasteiger partial charge < -0.3 is 10.4 Å². The molecule has 0 radical (unpaired) electrons. The van der Waals surface area contributed by atoms with E-state index in [0.29, 0.717) is 6.54 Å². The number of hydrogen-bond acceptors (Lipinski definition) is 2. The molecule has 1 amide bonds. The third-order valence-electron chi connectivity index (χ3n) is 2.14. The lowest BCUT2D eigenvalue weighted by Gasteiger charge is -2.08. The average Bonchev–Trinajstić information content (AvgIpc) is 2.52. The normalized spacial score (nSPS) is 18.6. The predicted octanol–water partition coefficient (Wildman–Crippen LogP) is 0.285. The van der Waals surface area contributed by atoms with Gasteiger partial charge in [0.05, 0.1) is 6.61 Å². The molecular formula is C8H15NO2. The summed E-state index contributed by atoms with van der Waals surface area (Å²) in [5.74, 6) is 0.345. The first-order valence-corrected chi connectivity index (χ1v) is 4.23. The van der Waals surface area contributed by atoms with Gasteiger partial charge in [0.15, 0.2) is 0 Å². The second-order valence-corrected chi connectivity index (χ2v) is 3.00. The first-order chi connectivity index (χ1) is 5.34. The summed E-state index contributed by atoms with van der Waals surface area (Å²) in [6.07, 6.45) is 4.41. The number of carbonyl (C=O) groups is 1. The van der Waals surface area contributed by atoms with Crippen LogP contribution in [0.1, 0.15) is 25.7 Å². The van der Waals surface area contributed by atoms with E-state index in [1.165, 1.54) is 12.8 Å². The lowest BCUT2D eigenvalue weighted by Crippen LogP contribution is -2.31. The highest BCUT2D eigenvalue weighted by Crippen LogP contribution is 2.24. The quantitative estimate of drug-likeness (QED) is 0.618. The van der Waals surface area contributed by atoms with E-state index < -0.39 is 0 Å². The maximum absolute atomic E-state index is 11.2. The summed E-state index contributed by atoms with van der Waals surface area (Å²) in [6, 6.07) is 0. The van der Waals surface area contributed by atoms with Crippen LogP contribution >= 0.6 is 0 Å². The third kappa shape index (κ3) is 2.50. The van der Waals surface area contributed by atoms with Crippen molar-refractivity contribution in [1.82, 2.24) is 5.32 Å². The molecule has 0 spiro atoms. The minimum atomic E-state index is 0.0401. The molecule has 1 aliphatic carbocycles. The van der Waals surface area contributed by atoms with Crippen molar-refractivity contribution in [1.29, 1.82) is 0 Å². The van der Waals surface area contributed by atoms with Crippen LogP contribution < -0.4 is 5.32 Å². The largest absolute Gasteiger partial charge is 0.395 e. The molecule has 1 rings (SSSR count). The number of aliphatic hydroxyl groups excluding tert-OH is 1. The lowest BCUT2D eigenvalue weighted by atomic mass is 10.1. The standard InChI is InChI=1S/C8H15NO2/c10-6-5-9-8(11)7-3-1-2-4-7/h7,10H,1-6H2,(H,9,11). The zero-order valence-electron chi connectivity index (χ0n) is 6.68. The van der Waals surface area contributed by atoms with E-state index in [9.17, 15) is 4.79 Å². The van der Waals surface area contributed by atoms with Crippen LogP contribution in [0.3, 0.4) is 0 Å². The molecule has 1 fully saturated rings. The number of rotatable bonds is 3. The van der Waals surface area contributed by atoms with E-state index >= 15 is 0 Å². The molecule has 0 atom stereocenters. The highest BCUT2D eigenvalue weighted by molar-refractivity contribution is 5.78. The number of amides is 1. The van der Waals surface area contributed by atoms with Crippen molar-refractivity contribution in [2.75, 3.05) is 13.2 Å². The number of carbonyl (C=O) groups excluding carboxylic acids is 1. The molecule has 11 heavy (non-hydrogen) atoms. The summed E-state index contributed by atoms with van der Waals surface area (Å²) >= 11 is 0. The fourth-order valence-electron chi connectivity index (χ4n) is 1.51. The van der Waals surface area contributed by atoms with E-state index in [-0.39, 0.29) is 18.4 Å². The molecule has 64 valence electrons. The Morgan fingerprint density at radius 3 is 2.64 bits per heavy atom. The van der Waals surface area contributed by atoms with Crippen LogP contribution in [-0.4, -0.2) is 24.2 Å². The number of nitrogens with one attached hydrogen (secondary N) is 1. The Kier molecular flexibility index (Phi) is 3.36. The molecule has 0 bridgehead atoms. The van der Waals surface area contributed by atoms with E-state index in [0.717, 1.165) is 12.8 Å². The van der Waals surface area contributed by atoms with Gasteiger partial charge in [-0.3, -0.25) is 4.79 Å². The topological polar surface area (TPSA) is 49.3 Å². The molecule has 0 aromatic heterocycles. The van der Waals surface area contributed by atoms with E-state index in [4.69, 9.17) is 5.11 Å². The number of aliphatic hydroxyl groups is 1. The summed E-state index contributed by atoms with van der Waals surface area (Å²) < 4.78 is 0. The van der Waals surface area contributed by atoms with Crippen LogP contribution in [0.4, 0.5) is 0 Å². The van der Waals surface area contributed by atoms with Gasteiger partial charge in [0, 0.05) is 12.5 Å². The minimum Gasteiger partial charge on any atom is -0.395 e. The molecule has 0 aromatic rings. The maximum atomic E-state index is 11.2. The van der Waals surface area contributed by atoms with Gasteiger partial charge >= 0.3 is 0 Å². The van der Waals surface area contributed by atoms with E-state index in [2.05, 4.69) is 5.32 Å². The Morgan fingerprint density at radius 2 is 2.09 bits per heavy atom. The molecular weight excluding hydrogens is 142 g/mol. The summed E-state index contributed by atoms with van der Waals surface area (Å²) in [7, 11) is 0. The van der Waals surface area contributed by atoms with Gasteiger partial charge in [-0.15, -0.1) is 0 Å². The van der Waals surface area contributed by atoms with Crippen LogP contribution in [0.5, 0.6) is 0 Å². The minimum absolute atomic E-state index is 0.0401. The zero-order chi connectivity index (χ0) is 8.10. The van der Waals surface area contributed by atoms with Gasteiger partial charge in [0.1, 0.15) is 0 Å². The van der Waals surface area contributed by atoms with Crippen molar-refractivity contribution >= 4 is 5.91 Å². The first kappa shape index (κ1) is 8.53. The van der Waals surface area contributed by atoms with Gasteiger partial charge in [-0.1, -0.05) is 12.8 Å². The Bertz CT molecular complexity index is 130. The van der Waals surface area contributed by atoms with Crippen molar-refractivity contribution in [3.8, 4) is 0 Å². The van der Waals surface area contributed by atoms with Gasteiger partial charge in [-0.2, -0.15) is 0 Å². The predicted molar refractivity (Wildman–Crippen MR) is 42.1 cm³/mol. The fourth-order valence-corrected chi connectivity index (χ4v) is 1.51. The second kappa shape index (κ2) is 4.34. The highest BCUT2D eigenvalue weighted by Gasteiger charge is 2.21. The number of hydrogen-bond donors (Lipinski definition) is 2. The highest BCUT2D eigenvalue weighted by atomic mass is 16.3. The van der Waals surface area contributed by atoms with Crippen molar-refractivity contribution in [2.45, 2.75) is 25.7 Å². The fraction of sp³-hybridized carbons (Fsp3) is 0.875.